The lowest BCUT2D eigenvalue weighted by Gasteiger charge is -2.34. The molecule has 0 unspecified atom stereocenters. The SMILES string of the molecule is CCc1cc(C(=O)N2CCCC[C@H]2c2cc3nc(N4CC[C@H](C)C4)c(C)cn3n2)n(C)n1. The van der Waals surface area contributed by atoms with E-state index < -0.39 is 0 Å². The zero-order valence-corrected chi connectivity index (χ0v) is 19.6. The van der Waals surface area contributed by atoms with E-state index in [0.717, 1.165) is 73.7 Å². The summed E-state index contributed by atoms with van der Waals surface area (Å²) in [5.41, 5.74) is 4.51. The van der Waals surface area contributed by atoms with Crippen LogP contribution in [-0.2, 0) is 13.5 Å². The largest absolute Gasteiger partial charge is 0.356 e. The van der Waals surface area contributed by atoms with Crippen LogP contribution in [0.5, 0.6) is 0 Å². The van der Waals surface area contributed by atoms with Crippen LogP contribution in [0.25, 0.3) is 5.65 Å². The van der Waals surface area contributed by atoms with E-state index >= 15 is 0 Å². The molecule has 5 rings (SSSR count). The molecule has 0 radical (unpaired) electrons. The summed E-state index contributed by atoms with van der Waals surface area (Å²) >= 11 is 0. The number of fused-ring (bicyclic) bond motifs is 1. The first-order chi connectivity index (χ1) is 15.4. The molecule has 0 aromatic carbocycles. The predicted molar refractivity (Wildman–Crippen MR) is 124 cm³/mol. The molecule has 5 heterocycles. The number of rotatable bonds is 4. The number of carbonyl (C=O) groups excluding carboxylic acids is 1. The standard InChI is InChI=1S/C24H33N7O/c1-5-18-12-21(28(4)26-18)24(32)30-10-7-6-8-20(30)19-13-22-25-23(17(3)15-31(22)27-19)29-11-9-16(2)14-29/h12-13,15-16,20H,5-11,14H2,1-4H3/t16-,20-/m0/s1. The van der Waals surface area contributed by atoms with E-state index in [2.05, 4.69) is 43.0 Å². The van der Waals surface area contributed by atoms with Crippen LogP contribution in [0.15, 0.2) is 18.3 Å². The molecule has 8 nitrogen and oxygen atoms in total. The Morgan fingerprint density at radius 2 is 2.00 bits per heavy atom. The number of piperidine rings is 1. The third-order valence-electron chi connectivity index (χ3n) is 6.96. The lowest BCUT2D eigenvalue weighted by Crippen LogP contribution is -2.39. The van der Waals surface area contributed by atoms with Crippen molar-refractivity contribution in [1.29, 1.82) is 0 Å². The van der Waals surface area contributed by atoms with Crippen molar-refractivity contribution in [3.63, 3.8) is 0 Å². The molecule has 0 aliphatic carbocycles. The molecule has 3 aromatic rings. The third-order valence-corrected chi connectivity index (χ3v) is 6.96. The van der Waals surface area contributed by atoms with Gasteiger partial charge in [-0.05, 0) is 51.0 Å². The minimum atomic E-state index is -0.0338. The van der Waals surface area contributed by atoms with Crippen LogP contribution in [0, 0.1) is 12.8 Å². The summed E-state index contributed by atoms with van der Waals surface area (Å²) in [5.74, 6) is 1.80. The van der Waals surface area contributed by atoms with Gasteiger partial charge in [-0.25, -0.2) is 9.50 Å². The highest BCUT2D eigenvalue weighted by atomic mass is 16.2. The van der Waals surface area contributed by atoms with Crippen molar-refractivity contribution in [3.8, 4) is 0 Å². The fourth-order valence-corrected chi connectivity index (χ4v) is 5.16. The van der Waals surface area contributed by atoms with Crippen LogP contribution in [0.2, 0.25) is 0 Å². The normalized spacial score (nSPS) is 21.6. The fraction of sp³-hybridized carbons (Fsp3) is 0.583. The Morgan fingerprint density at radius 1 is 1.16 bits per heavy atom. The molecule has 8 heteroatoms. The molecule has 3 aromatic heterocycles. The maximum absolute atomic E-state index is 13.5. The highest BCUT2D eigenvalue weighted by Crippen LogP contribution is 2.33. The van der Waals surface area contributed by atoms with Crippen molar-refractivity contribution in [1.82, 2.24) is 29.3 Å². The van der Waals surface area contributed by atoms with Crippen molar-refractivity contribution in [2.75, 3.05) is 24.5 Å². The first kappa shape index (κ1) is 21.0. The number of hydrogen-bond donors (Lipinski definition) is 0. The Balaban J connectivity index is 1.47. The molecule has 1 amide bonds. The number of carbonyl (C=O) groups is 1. The molecule has 32 heavy (non-hydrogen) atoms. The van der Waals surface area contributed by atoms with E-state index in [1.807, 2.05) is 22.5 Å². The zero-order chi connectivity index (χ0) is 22.4. The highest BCUT2D eigenvalue weighted by molar-refractivity contribution is 5.93. The summed E-state index contributed by atoms with van der Waals surface area (Å²) in [6.45, 7) is 9.32. The van der Waals surface area contributed by atoms with Gasteiger partial charge in [0.15, 0.2) is 5.65 Å². The number of aryl methyl sites for hydroxylation is 3. The van der Waals surface area contributed by atoms with Gasteiger partial charge >= 0.3 is 0 Å². The minimum Gasteiger partial charge on any atom is -0.356 e. The van der Waals surface area contributed by atoms with E-state index in [9.17, 15) is 4.79 Å². The lowest BCUT2D eigenvalue weighted by molar-refractivity contribution is 0.0594. The average molecular weight is 436 g/mol. The van der Waals surface area contributed by atoms with Crippen molar-refractivity contribution >= 4 is 17.4 Å². The van der Waals surface area contributed by atoms with Gasteiger partial charge in [0.25, 0.3) is 5.91 Å². The van der Waals surface area contributed by atoms with Gasteiger partial charge < -0.3 is 9.80 Å². The summed E-state index contributed by atoms with van der Waals surface area (Å²) in [4.78, 5) is 22.8. The summed E-state index contributed by atoms with van der Waals surface area (Å²) in [7, 11) is 1.85. The second-order valence-corrected chi connectivity index (χ2v) is 9.47. The third kappa shape index (κ3) is 3.65. The molecule has 2 aliphatic heterocycles. The van der Waals surface area contributed by atoms with Gasteiger partial charge in [0.2, 0.25) is 0 Å². The van der Waals surface area contributed by atoms with E-state index in [0.29, 0.717) is 11.6 Å². The lowest BCUT2D eigenvalue weighted by atomic mass is 9.99. The zero-order valence-electron chi connectivity index (χ0n) is 19.6. The Kier molecular flexibility index (Phi) is 5.39. The van der Waals surface area contributed by atoms with Crippen LogP contribution in [0.1, 0.15) is 73.0 Å². The molecule has 2 fully saturated rings. The van der Waals surface area contributed by atoms with Crippen LogP contribution < -0.4 is 4.90 Å². The number of hydrogen-bond acceptors (Lipinski definition) is 5. The second kappa shape index (κ2) is 8.22. The van der Waals surface area contributed by atoms with Crippen molar-refractivity contribution in [2.45, 2.75) is 58.9 Å². The molecular weight excluding hydrogens is 402 g/mol. The van der Waals surface area contributed by atoms with E-state index in [-0.39, 0.29) is 11.9 Å². The van der Waals surface area contributed by atoms with E-state index in [1.54, 1.807) is 4.68 Å². The number of anilines is 1. The van der Waals surface area contributed by atoms with Crippen molar-refractivity contribution in [3.05, 3.63) is 41.0 Å². The molecular formula is C24H33N7O. The molecule has 0 spiro atoms. The minimum absolute atomic E-state index is 0.0338. The summed E-state index contributed by atoms with van der Waals surface area (Å²) in [6, 6.07) is 3.96. The van der Waals surface area contributed by atoms with Crippen molar-refractivity contribution in [2.24, 2.45) is 13.0 Å². The van der Waals surface area contributed by atoms with E-state index in [1.165, 1.54) is 6.42 Å². The van der Waals surface area contributed by atoms with E-state index in [4.69, 9.17) is 10.1 Å². The van der Waals surface area contributed by atoms with Crippen LogP contribution >= 0.6 is 0 Å². The number of amides is 1. The molecule has 0 bridgehead atoms. The number of nitrogens with zero attached hydrogens (tertiary/aromatic N) is 7. The molecule has 2 aliphatic rings. The molecule has 2 saturated heterocycles. The Labute approximate surface area is 189 Å². The van der Waals surface area contributed by atoms with Crippen molar-refractivity contribution < 1.29 is 4.79 Å². The molecule has 170 valence electrons. The van der Waals surface area contributed by atoms with Crippen LogP contribution in [-0.4, -0.2) is 54.8 Å². The Morgan fingerprint density at radius 3 is 2.72 bits per heavy atom. The molecule has 0 saturated carbocycles. The Bertz CT molecular complexity index is 1150. The van der Waals surface area contributed by atoms with Gasteiger partial charge in [0, 0.05) is 44.5 Å². The van der Waals surface area contributed by atoms with Gasteiger partial charge in [0.05, 0.1) is 17.4 Å². The molecule has 0 N–H and O–H groups in total. The van der Waals surface area contributed by atoms with Gasteiger partial charge in [-0.2, -0.15) is 10.2 Å². The first-order valence-electron chi connectivity index (χ1n) is 11.9. The number of aromatic nitrogens is 5. The first-order valence-corrected chi connectivity index (χ1v) is 11.9. The quantitative estimate of drug-likeness (QED) is 0.627. The Hall–Kier alpha value is -2.90. The summed E-state index contributed by atoms with van der Waals surface area (Å²) < 4.78 is 3.59. The van der Waals surface area contributed by atoms with Gasteiger partial charge in [-0.15, -0.1) is 0 Å². The summed E-state index contributed by atoms with van der Waals surface area (Å²) in [6.07, 6.45) is 7.14. The number of likely N-dealkylation sites (tertiary alicyclic amines) is 1. The van der Waals surface area contributed by atoms with Crippen LogP contribution in [0.3, 0.4) is 0 Å². The second-order valence-electron chi connectivity index (χ2n) is 9.47. The monoisotopic (exact) mass is 435 g/mol. The predicted octanol–water partition coefficient (Wildman–Crippen LogP) is 3.55. The van der Waals surface area contributed by atoms with Gasteiger partial charge in [-0.1, -0.05) is 13.8 Å². The summed E-state index contributed by atoms with van der Waals surface area (Å²) in [5, 5.41) is 9.34. The van der Waals surface area contributed by atoms with Crippen LogP contribution in [0.4, 0.5) is 5.82 Å². The smallest absolute Gasteiger partial charge is 0.272 e. The van der Waals surface area contributed by atoms with Gasteiger partial charge in [0.1, 0.15) is 11.5 Å². The maximum Gasteiger partial charge on any atom is 0.272 e. The topological polar surface area (TPSA) is 71.6 Å². The highest BCUT2D eigenvalue weighted by Gasteiger charge is 2.32. The fourth-order valence-electron chi connectivity index (χ4n) is 5.16. The molecule has 2 atom stereocenters. The van der Waals surface area contributed by atoms with Gasteiger partial charge in [-0.3, -0.25) is 9.48 Å². The average Bonchev–Trinajstić information content (AvgIpc) is 3.50. The maximum atomic E-state index is 13.5.